The Morgan fingerprint density at radius 2 is 1.93 bits per heavy atom. The molecular formula is C6H10N2O7. The van der Waals surface area contributed by atoms with Gasteiger partial charge in [-0.25, -0.2) is 0 Å². The van der Waals surface area contributed by atoms with Crippen LogP contribution in [0.1, 0.15) is 6.42 Å². The number of aliphatic hydroxyl groups excluding tert-OH is 2. The van der Waals surface area contributed by atoms with Crippen LogP contribution >= 0.6 is 0 Å². The van der Waals surface area contributed by atoms with Crippen molar-refractivity contribution in [2.45, 2.75) is 31.0 Å². The summed E-state index contributed by atoms with van der Waals surface area (Å²) in [7, 11) is 0. The molecule has 1 heterocycles. The number of nitro groups is 2. The molecule has 1 aliphatic heterocycles. The van der Waals surface area contributed by atoms with E-state index in [9.17, 15) is 25.3 Å². The molecule has 0 aromatic carbocycles. The summed E-state index contributed by atoms with van der Waals surface area (Å²) in [6.07, 6.45) is -4.57. The zero-order valence-electron chi connectivity index (χ0n) is 7.55. The van der Waals surface area contributed by atoms with Gasteiger partial charge < -0.3 is 14.9 Å². The first kappa shape index (κ1) is 11.8. The fourth-order valence-electron chi connectivity index (χ4n) is 1.51. The van der Waals surface area contributed by atoms with Crippen LogP contribution in [0.2, 0.25) is 0 Å². The Labute approximate surface area is 83.6 Å². The third-order valence-corrected chi connectivity index (χ3v) is 2.12. The van der Waals surface area contributed by atoms with Gasteiger partial charge in [-0.3, -0.25) is 20.2 Å². The van der Waals surface area contributed by atoms with Crippen LogP contribution in [0, 0.1) is 20.2 Å². The van der Waals surface area contributed by atoms with Gasteiger partial charge in [-0.15, -0.1) is 0 Å². The van der Waals surface area contributed by atoms with E-state index in [-0.39, 0.29) is 6.42 Å². The Balaban J connectivity index is 2.77. The number of rotatable bonds is 3. The maximum absolute atomic E-state index is 10.5. The molecule has 2 N–H and O–H groups in total. The summed E-state index contributed by atoms with van der Waals surface area (Å²) in [6.45, 7) is -0.820. The molecule has 0 bridgehead atoms. The zero-order valence-corrected chi connectivity index (χ0v) is 7.55. The quantitative estimate of drug-likeness (QED) is 0.432. The van der Waals surface area contributed by atoms with Gasteiger partial charge in [0.2, 0.25) is 6.54 Å². The van der Waals surface area contributed by atoms with Crippen molar-refractivity contribution in [2.24, 2.45) is 0 Å². The van der Waals surface area contributed by atoms with E-state index in [1.165, 1.54) is 0 Å². The molecule has 0 unspecified atom stereocenters. The van der Waals surface area contributed by atoms with Crippen molar-refractivity contribution in [1.82, 2.24) is 0 Å². The second kappa shape index (κ2) is 4.47. The summed E-state index contributed by atoms with van der Waals surface area (Å²) in [4.78, 5) is 19.1. The number of aliphatic hydroxyl groups is 2. The molecule has 0 amide bonds. The van der Waals surface area contributed by atoms with Crippen LogP contribution in [-0.4, -0.2) is 51.1 Å². The van der Waals surface area contributed by atoms with E-state index < -0.39 is 40.9 Å². The van der Waals surface area contributed by atoms with Crippen molar-refractivity contribution < 1.29 is 24.8 Å². The summed E-state index contributed by atoms with van der Waals surface area (Å²) in [5.41, 5.74) is 0. The van der Waals surface area contributed by atoms with Crippen molar-refractivity contribution in [3.05, 3.63) is 20.2 Å². The summed E-state index contributed by atoms with van der Waals surface area (Å²) >= 11 is 0. The standard InChI is InChI=1S/C6H10N2O7/c9-3-1-5(10)15-4(2-7(11)12)6(3)8(13)14/h3-6,9-10H,1-2H2/t3-,4-,5-,6-/m1/s1. The van der Waals surface area contributed by atoms with Gasteiger partial charge >= 0.3 is 0 Å². The van der Waals surface area contributed by atoms with Gasteiger partial charge in [0.1, 0.15) is 6.10 Å². The lowest BCUT2D eigenvalue weighted by atomic mass is 9.99. The summed E-state index contributed by atoms with van der Waals surface area (Å²) < 4.78 is 4.65. The van der Waals surface area contributed by atoms with E-state index in [4.69, 9.17) is 5.11 Å². The van der Waals surface area contributed by atoms with E-state index >= 15 is 0 Å². The fourth-order valence-corrected chi connectivity index (χ4v) is 1.51. The molecule has 0 saturated carbocycles. The van der Waals surface area contributed by atoms with Crippen LogP contribution in [0.25, 0.3) is 0 Å². The van der Waals surface area contributed by atoms with Gasteiger partial charge in [0.15, 0.2) is 12.4 Å². The largest absolute Gasteiger partial charge is 0.386 e. The van der Waals surface area contributed by atoms with Crippen LogP contribution < -0.4 is 0 Å². The Bertz CT molecular complexity index is 270. The lowest BCUT2D eigenvalue weighted by Gasteiger charge is -2.30. The summed E-state index contributed by atoms with van der Waals surface area (Å²) in [5, 5.41) is 39.0. The molecule has 1 rings (SSSR count). The minimum absolute atomic E-state index is 0.320. The summed E-state index contributed by atoms with van der Waals surface area (Å²) in [6, 6.07) is -1.57. The highest BCUT2D eigenvalue weighted by molar-refractivity contribution is 4.82. The molecule has 0 aromatic heterocycles. The molecule has 0 aliphatic carbocycles. The van der Waals surface area contributed by atoms with Gasteiger partial charge in [0, 0.05) is 16.3 Å². The van der Waals surface area contributed by atoms with Crippen molar-refractivity contribution in [3.8, 4) is 0 Å². The van der Waals surface area contributed by atoms with Crippen molar-refractivity contribution in [1.29, 1.82) is 0 Å². The molecule has 1 fully saturated rings. The van der Waals surface area contributed by atoms with Crippen molar-refractivity contribution in [2.75, 3.05) is 6.54 Å². The number of ether oxygens (including phenoxy) is 1. The predicted octanol–water partition coefficient (Wildman–Crippen LogP) is -1.62. The first-order valence-electron chi connectivity index (χ1n) is 4.18. The molecule has 4 atom stereocenters. The molecule has 9 heteroatoms. The first-order valence-corrected chi connectivity index (χ1v) is 4.18. The van der Waals surface area contributed by atoms with Crippen LogP contribution in [0.4, 0.5) is 0 Å². The number of hydrogen-bond donors (Lipinski definition) is 2. The minimum Gasteiger partial charge on any atom is -0.386 e. The Morgan fingerprint density at radius 1 is 1.33 bits per heavy atom. The first-order chi connectivity index (χ1) is 6.91. The zero-order chi connectivity index (χ0) is 11.6. The topological polar surface area (TPSA) is 136 Å². The van der Waals surface area contributed by atoms with Gasteiger partial charge in [-0.2, -0.15) is 0 Å². The van der Waals surface area contributed by atoms with Gasteiger partial charge in [0.05, 0.1) is 0 Å². The Morgan fingerprint density at radius 3 is 2.40 bits per heavy atom. The lowest BCUT2D eigenvalue weighted by Crippen LogP contribution is -2.54. The highest BCUT2D eigenvalue weighted by Gasteiger charge is 2.48. The predicted molar refractivity (Wildman–Crippen MR) is 44.1 cm³/mol. The lowest BCUT2D eigenvalue weighted by molar-refractivity contribution is -0.579. The third kappa shape index (κ3) is 2.81. The smallest absolute Gasteiger partial charge is 0.270 e. The van der Waals surface area contributed by atoms with Gasteiger partial charge in [-0.1, -0.05) is 0 Å². The molecule has 9 nitrogen and oxygen atoms in total. The second-order valence-electron chi connectivity index (χ2n) is 3.22. The molecule has 86 valence electrons. The van der Waals surface area contributed by atoms with E-state index in [1.54, 1.807) is 0 Å². The Hall–Kier alpha value is -1.32. The fraction of sp³-hybridized carbons (Fsp3) is 1.00. The van der Waals surface area contributed by atoms with Crippen LogP contribution in [0.15, 0.2) is 0 Å². The van der Waals surface area contributed by atoms with E-state index in [1.807, 2.05) is 0 Å². The van der Waals surface area contributed by atoms with Crippen LogP contribution in [0.5, 0.6) is 0 Å². The second-order valence-corrected chi connectivity index (χ2v) is 3.22. The average molecular weight is 222 g/mol. The average Bonchev–Trinajstić information content (AvgIpc) is 1.99. The molecule has 1 aliphatic rings. The highest BCUT2D eigenvalue weighted by atomic mass is 16.7. The summed E-state index contributed by atoms with van der Waals surface area (Å²) in [5.74, 6) is 0. The SMILES string of the molecule is O=[N+]([O-])C[C@H]1O[C@@H](O)C[C@@H](O)[C@H]1[N+](=O)[O-]. The Kier molecular flexibility index (Phi) is 3.50. The van der Waals surface area contributed by atoms with E-state index in [0.29, 0.717) is 0 Å². The van der Waals surface area contributed by atoms with Crippen LogP contribution in [-0.2, 0) is 4.74 Å². The maximum atomic E-state index is 10.5. The monoisotopic (exact) mass is 222 g/mol. The normalized spacial score (nSPS) is 36.1. The number of hydrogen-bond acceptors (Lipinski definition) is 7. The minimum atomic E-state index is -1.57. The van der Waals surface area contributed by atoms with Crippen molar-refractivity contribution in [3.63, 3.8) is 0 Å². The van der Waals surface area contributed by atoms with E-state index in [0.717, 1.165) is 0 Å². The molecular weight excluding hydrogens is 212 g/mol. The van der Waals surface area contributed by atoms with Crippen LogP contribution in [0.3, 0.4) is 0 Å². The van der Waals surface area contributed by atoms with Gasteiger partial charge in [0.25, 0.3) is 6.04 Å². The van der Waals surface area contributed by atoms with Crippen molar-refractivity contribution >= 4 is 0 Å². The third-order valence-electron chi connectivity index (χ3n) is 2.12. The maximum Gasteiger partial charge on any atom is 0.270 e. The molecule has 0 aromatic rings. The highest BCUT2D eigenvalue weighted by Crippen LogP contribution is 2.21. The molecule has 15 heavy (non-hydrogen) atoms. The van der Waals surface area contributed by atoms with Gasteiger partial charge in [-0.05, 0) is 0 Å². The molecule has 0 spiro atoms. The number of nitrogens with zero attached hydrogens (tertiary/aromatic N) is 2. The molecule has 1 saturated heterocycles. The molecule has 0 radical (unpaired) electrons. The van der Waals surface area contributed by atoms with E-state index in [2.05, 4.69) is 4.74 Å².